The lowest BCUT2D eigenvalue weighted by atomic mass is 10.2. The number of thiol groups is 1. The van der Waals surface area contributed by atoms with Crippen LogP contribution in [0.25, 0.3) is 0 Å². The molecule has 8 heteroatoms. The van der Waals surface area contributed by atoms with E-state index in [9.17, 15) is 26.3 Å². The van der Waals surface area contributed by atoms with Crippen LogP contribution in [0.1, 0.15) is 19.3 Å². The Bertz CT molecular complexity index is 176. The Morgan fingerprint density at radius 1 is 0.875 bits per heavy atom. The maximum Gasteiger partial charge on any atom is 0.423 e. The van der Waals surface area contributed by atoms with E-state index in [4.69, 9.17) is 0 Å². The van der Waals surface area contributed by atoms with Crippen molar-refractivity contribution in [3.05, 3.63) is 0 Å². The molecule has 0 aromatic heterocycles. The van der Waals surface area contributed by atoms with Crippen LogP contribution < -0.4 is 0 Å². The largest absolute Gasteiger partial charge is 0.423 e. The molecule has 0 radical (unpaired) electrons. The summed E-state index contributed by atoms with van der Waals surface area (Å²) >= 11 is 3.85. The standard InChI is InChI=1S/C8H12F6OS/c9-7(10,11)6(8(12,13)14)15-4-2-1-3-5-16/h6,16H,1-5H2. The molecule has 16 heavy (non-hydrogen) atoms. The number of alkyl halides is 6. The van der Waals surface area contributed by atoms with Crippen molar-refractivity contribution in [2.24, 2.45) is 0 Å². The van der Waals surface area contributed by atoms with Gasteiger partial charge in [-0.05, 0) is 18.6 Å². The van der Waals surface area contributed by atoms with Crippen molar-refractivity contribution in [3.8, 4) is 0 Å². The summed E-state index contributed by atoms with van der Waals surface area (Å²) in [6, 6.07) is 0. The summed E-state index contributed by atoms with van der Waals surface area (Å²) in [4.78, 5) is 0. The molecule has 0 aliphatic heterocycles. The van der Waals surface area contributed by atoms with E-state index in [-0.39, 0.29) is 6.42 Å². The van der Waals surface area contributed by atoms with Crippen molar-refractivity contribution >= 4 is 12.6 Å². The number of halogens is 6. The monoisotopic (exact) mass is 270 g/mol. The molecule has 0 atom stereocenters. The first-order valence-electron chi connectivity index (χ1n) is 4.55. The van der Waals surface area contributed by atoms with Crippen LogP contribution >= 0.6 is 12.6 Å². The lowest BCUT2D eigenvalue weighted by Crippen LogP contribution is -2.44. The molecule has 0 amide bonds. The van der Waals surface area contributed by atoms with Crippen LogP contribution in [-0.4, -0.2) is 30.8 Å². The first kappa shape index (κ1) is 15.9. The molecule has 0 aromatic carbocycles. The smallest absolute Gasteiger partial charge is 0.361 e. The first-order valence-corrected chi connectivity index (χ1v) is 5.18. The van der Waals surface area contributed by atoms with Gasteiger partial charge in [0.25, 0.3) is 0 Å². The van der Waals surface area contributed by atoms with Crippen molar-refractivity contribution in [3.63, 3.8) is 0 Å². The van der Waals surface area contributed by atoms with E-state index in [1.54, 1.807) is 0 Å². The van der Waals surface area contributed by atoms with E-state index in [1.165, 1.54) is 0 Å². The molecule has 0 fully saturated rings. The summed E-state index contributed by atoms with van der Waals surface area (Å²) in [6.45, 7) is -0.558. The molecule has 0 aromatic rings. The number of ether oxygens (including phenoxy) is 1. The van der Waals surface area contributed by atoms with E-state index in [0.717, 1.165) is 0 Å². The summed E-state index contributed by atoms with van der Waals surface area (Å²) < 4.78 is 75.4. The van der Waals surface area contributed by atoms with Crippen molar-refractivity contribution in [2.75, 3.05) is 12.4 Å². The summed E-state index contributed by atoms with van der Waals surface area (Å²) in [5.74, 6) is 0.544. The second kappa shape index (κ2) is 6.58. The Kier molecular flexibility index (Phi) is 6.54. The average Bonchev–Trinajstić information content (AvgIpc) is 2.06. The lowest BCUT2D eigenvalue weighted by molar-refractivity contribution is -0.321. The second-order valence-corrected chi connectivity index (χ2v) is 3.57. The predicted molar refractivity (Wildman–Crippen MR) is 49.6 cm³/mol. The third-order valence-electron chi connectivity index (χ3n) is 1.68. The zero-order chi connectivity index (χ0) is 12.8. The Labute approximate surface area is 94.6 Å². The van der Waals surface area contributed by atoms with Crippen molar-refractivity contribution in [1.29, 1.82) is 0 Å². The van der Waals surface area contributed by atoms with E-state index < -0.39 is 25.1 Å². The van der Waals surface area contributed by atoms with Crippen LogP contribution in [0, 0.1) is 0 Å². The van der Waals surface area contributed by atoms with Gasteiger partial charge in [-0.15, -0.1) is 0 Å². The average molecular weight is 270 g/mol. The van der Waals surface area contributed by atoms with Gasteiger partial charge in [-0.2, -0.15) is 39.0 Å². The third kappa shape index (κ3) is 6.47. The van der Waals surface area contributed by atoms with Gasteiger partial charge in [-0.3, -0.25) is 0 Å². The van der Waals surface area contributed by atoms with Gasteiger partial charge in [-0.25, -0.2) is 0 Å². The molecule has 0 aliphatic carbocycles. The van der Waals surface area contributed by atoms with Gasteiger partial charge >= 0.3 is 12.4 Å². The quantitative estimate of drug-likeness (QED) is 0.441. The first-order chi connectivity index (χ1) is 7.19. The zero-order valence-electron chi connectivity index (χ0n) is 8.24. The van der Waals surface area contributed by atoms with Crippen LogP contribution in [0.3, 0.4) is 0 Å². The molecule has 0 rings (SSSR count). The molecule has 98 valence electrons. The molecular weight excluding hydrogens is 258 g/mol. The fraction of sp³-hybridized carbons (Fsp3) is 1.00. The topological polar surface area (TPSA) is 9.23 Å². The zero-order valence-corrected chi connectivity index (χ0v) is 9.13. The molecule has 0 heterocycles. The Balaban J connectivity index is 4.06. The minimum atomic E-state index is -5.41. The van der Waals surface area contributed by atoms with Crippen molar-refractivity contribution < 1.29 is 31.1 Å². The van der Waals surface area contributed by atoms with Crippen LogP contribution in [0.15, 0.2) is 0 Å². The molecule has 0 saturated heterocycles. The summed E-state index contributed by atoms with van der Waals surface area (Å²) in [7, 11) is 0. The van der Waals surface area contributed by atoms with Crippen LogP contribution in [0.2, 0.25) is 0 Å². The van der Waals surface area contributed by atoms with E-state index in [2.05, 4.69) is 17.4 Å². The summed E-state index contributed by atoms with van der Waals surface area (Å²) in [5.41, 5.74) is 0. The van der Waals surface area contributed by atoms with E-state index in [1.807, 2.05) is 0 Å². The van der Waals surface area contributed by atoms with E-state index >= 15 is 0 Å². The van der Waals surface area contributed by atoms with Gasteiger partial charge in [0, 0.05) is 6.61 Å². The molecule has 0 spiro atoms. The van der Waals surface area contributed by atoms with Crippen molar-refractivity contribution in [2.45, 2.75) is 37.7 Å². The van der Waals surface area contributed by atoms with Gasteiger partial charge in [0.1, 0.15) is 0 Å². The second-order valence-electron chi connectivity index (χ2n) is 3.12. The Morgan fingerprint density at radius 2 is 1.38 bits per heavy atom. The highest BCUT2D eigenvalue weighted by Gasteiger charge is 2.57. The van der Waals surface area contributed by atoms with Gasteiger partial charge in [0.15, 0.2) is 0 Å². The normalized spacial score (nSPS) is 13.5. The minimum absolute atomic E-state index is 0.156. The number of hydrogen-bond acceptors (Lipinski definition) is 2. The Hall–Kier alpha value is -0.110. The highest BCUT2D eigenvalue weighted by molar-refractivity contribution is 7.80. The van der Waals surface area contributed by atoms with Gasteiger partial charge in [0.05, 0.1) is 0 Å². The number of unbranched alkanes of at least 4 members (excludes halogenated alkanes) is 2. The molecule has 0 N–H and O–H groups in total. The molecule has 0 saturated carbocycles. The summed E-state index contributed by atoms with van der Waals surface area (Å²) in [6.07, 6.45) is -13.2. The molecule has 1 nitrogen and oxygen atoms in total. The molecule has 0 bridgehead atoms. The fourth-order valence-corrected chi connectivity index (χ4v) is 1.19. The van der Waals surface area contributed by atoms with Crippen molar-refractivity contribution in [1.82, 2.24) is 0 Å². The molecular formula is C8H12F6OS. The molecule has 0 aliphatic rings. The van der Waals surface area contributed by atoms with Gasteiger partial charge in [-0.1, -0.05) is 6.42 Å². The van der Waals surface area contributed by atoms with Crippen LogP contribution in [0.5, 0.6) is 0 Å². The van der Waals surface area contributed by atoms with Gasteiger partial charge in [0.2, 0.25) is 6.10 Å². The van der Waals surface area contributed by atoms with Gasteiger partial charge < -0.3 is 4.74 Å². The number of hydrogen-bond donors (Lipinski definition) is 1. The van der Waals surface area contributed by atoms with Crippen LogP contribution in [0.4, 0.5) is 26.3 Å². The maximum absolute atomic E-state index is 11.9. The highest BCUT2D eigenvalue weighted by Crippen LogP contribution is 2.35. The Morgan fingerprint density at radius 3 is 1.75 bits per heavy atom. The lowest BCUT2D eigenvalue weighted by Gasteiger charge is -2.22. The maximum atomic E-state index is 11.9. The summed E-state index contributed by atoms with van der Waals surface area (Å²) in [5, 5.41) is 0. The fourth-order valence-electron chi connectivity index (χ4n) is 0.966. The molecule has 0 unspecified atom stereocenters. The van der Waals surface area contributed by atoms with E-state index in [0.29, 0.717) is 18.6 Å². The van der Waals surface area contributed by atoms with Crippen LogP contribution in [-0.2, 0) is 4.74 Å². The number of rotatable bonds is 6. The SMILES string of the molecule is FC(F)(F)C(OCCCCCS)C(F)(F)F. The third-order valence-corrected chi connectivity index (χ3v) is 2.00. The highest BCUT2D eigenvalue weighted by atomic mass is 32.1. The predicted octanol–water partition coefficient (Wildman–Crippen LogP) is 3.60. The minimum Gasteiger partial charge on any atom is -0.361 e.